The van der Waals surface area contributed by atoms with Crippen molar-refractivity contribution < 1.29 is 12.6 Å². The second-order valence-corrected chi connectivity index (χ2v) is 12.6. The lowest BCUT2D eigenvalue weighted by atomic mass is 9.45. The van der Waals surface area contributed by atoms with E-state index in [0.29, 0.717) is 16.7 Å². The molecule has 7 atom stereocenters. The molecule has 5 rings (SSSR count). The molecule has 0 aliphatic heterocycles. The van der Waals surface area contributed by atoms with Gasteiger partial charge in [0.1, 0.15) is 0 Å². The van der Waals surface area contributed by atoms with Crippen LogP contribution in [0.1, 0.15) is 78.1 Å². The van der Waals surface area contributed by atoms with Gasteiger partial charge in [-0.2, -0.15) is 8.42 Å². The van der Waals surface area contributed by atoms with Crippen LogP contribution < -0.4 is 0 Å². The highest BCUT2D eigenvalue weighted by atomic mass is 32.2. The summed E-state index contributed by atoms with van der Waals surface area (Å²) in [6, 6.07) is 8.62. The molecule has 1 aromatic carbocycles. The van der Waals surface area contributed by atoms with Crippen LogP contribution in [0.25, 0.3) is 0 Å². The van der Waals surface area contributed by atoms with Crippen LogP contribution in [0, 0.1) is 34.5 Å². The SMILES string of the molecule is C[C@]12CCC[C@@H]1[C@@H]1CC[C@H]3C[C@H](OS(=O)(=O)c4ccccc4)CC[C@]3(C)[C@H]1CC2. The Kier molecular flexibility index (Phi) is 4.90. The molecule has 1 aromatic rings. The minimum atomic E-state index is -3.66. The maximum absolute atomic E-state index is 12.7. The third-order valence-corrected chi connectivity index (χ3v) is 11.1. The van der Waals surface area contributed by atoms with Crippen LogP contribution in [0.15, 0.2) is 35.2 Å². The molecule has 3 nitrogen and oxygen atoms in total. The zero-order valence-corrected chi connectivity index (χ0v) is 18.8. The second kappa shape index (κ2) is 7.09. The summed E-state index contributed by atoms with van der Waals surface area (Å²) >= 11 is 0. The average molecular weight is 417 g/mol. The molecule has 0 heterocycles. The number of hydrogen-bond donors (Lipinski definition) is 0. The maximum atomic E-state index is 12.7. The van der Waals surface area contributed by atoms with Crippen molar-refractivity contribution in [2.45, 2.75) is 89.1 Å². The van der Waals surface area contributed by atoms with Gasteiger partial charge in [-0.3, -0.25) is 4.18 Å². The molecule has 0 spiro atoms. The van der Waals surface area contributed by atoms with Gasteiger partial charge in [-0.25, -0.2) is 0 Å². The molecule has 4 aliphatic rings. The highest BCUT2D eigenvalue weighted by Crippen LogP contribution is 2.66. The first kappa shape index (κ1) is 20.1. The zero-order valence-electron chi connectivity index (χ0n) is 18.0. The minimum Gasteiger partial charge on any atom is -0.263 e. The molecule has 29 heavy (non-hydrogen) atoms. The summed E-state index contributed by atoms with van der Waals surface area (Å²) in [5.41, 5.74) is 0.984. The zero-order chi connectivity index (χ0) is 20.3. The molecule has 0 amide bonds. The Bertz CT molecular complexity index is 850. The molecule has 0 saturated heterocycles. The third kappa shape index (κ3) is 3.29. The van der Waals surface area contributed by atoms with Gasteiger partial charge in [-0.1, -0.05) is 38.5 Å². The van der Waals surface area contributed by atoms with Crippen molar-refractivity contribution in [3.63, 3.8) is 0 Å². The highest BCUT2D eigenvalue weighted by Gasteiger charge is 2.58. The standard InChI is InChI=1S/C25H36O3S/c1-24-14-6-9-22(24)21-11-10-18-17-19(12-16-25(18,2)23(21)13-15-24)28-29(26,27)20-7-4-3-5-8-20/h3-5,7-8,18-19,21-23H,6,9-17H2,1-2H3/t18-,19+,21-,22+,23-,24+,25-/m0/s1. The lowest BCUT2D eigenvalue weighted by Crippen LogP contribution is -2.53. The summed E-state index contributed by atoms with van der Waals surface area (Å²) in [6.45, 7) is 5.10. The molecule has 0 unspecified atom stereocenters. The fraction of sp³-hybridized carbons (Fsp3) is 0.760. The van der Waals surface area contributed by atoms with Crippen molar-refractivity contribution >= 4 is 10.1 Å². The van der Waals surface area contributed by atoms with Crippen molar-refractivity contribution in [2.24, 2.45) is 34.5 Å². The van der Waals surface area contributed by atoms with Gasteiger partial charge in [0.15, 0.2) is 0 Å². The monoisotopic (exact) mass is 416 g/mol. The smallest absolute Gasteiger partial charge is 0.263 e. The fourth-order valence-corrected chi connectivity index (χ4v) is 9.26. The molecular formula is C25H36O3S. The lowest BCUT2D eigenvalue weighted by Gasteiger charge is -2.60. The molecular weight excluding hydrogens is 380 g/mol. The van der Waals surface area contributed by atoms with E-state index >= 15 is 0 Å². The first-order valence-corrected chi connectivity index (χ1v) is 13.2. The number of benzene rings is 1. The Morgan fingerprint density at radius 2 is 1.69 bits per heavy atom. The summed E-state index contributed by atoms with van der Waals surface area (Å²) in [5, 5.41) is 0. The van der Waals surface area contributed by atoms with E-state index in [0.717, 1.165) is 37.0 Å². The summed E-state index contributed by atoms with van der Waals surface area (Å²) in [7, 11) is -3.66. The van der Waals surface area contributed by atoms with Gasteiger partial charge in [0, 0.05) is 0 Å². The number of hydrogen-bond acceptors (Lipinski definition) is 3. The number of fused-ring (bicyclic) bond motifs is 5. The molecule has 4 heteroatoms. The normalized spacial score (nSPS) is 44.6. The van der Waals surface area contributed by atoms with Crippen LogP contribution in [0.5, 0.6) is 0 Å². The van der Waals surface area contributed by atoms with E-state index < -0.39 is 10.1 Å². The molecule has 0 bridgehead atoms. The first-order valence-electron chi connectivity index (χ1n) is 11.8. The lowest BCUT2D eigenvalue weighted by molar-refractivity contribution is -0.117. The van der Waals surface area contributed by atoms with Crippen molar-refractivity contribution in [1.82, 2.24) is 0 Å². The van der Waals surface area contributed by atoms with Crippen molar-refractivity contribution in [3.8, 4) is 0 Å². The van der Waals surface area contributed by atoms with Crippen LogP contribution in [0.4, 0.5) is 0 Å². The Balaban J connectivity index is 1.31. The highest BCUT2D eigenvalue weighted by molar-refractivity contribution is 7.86. The van der Waals surface area contributed by atoms with E-state index in [9.17, 15) is 8.42 Å². The molecule has 0 aromatic heterocycles. The topological polar surface area (TPSA) is 43.4 Å². The van der Waals surface area contributed by atoms with Crippen LogP contribution in [0.2, 0.25) is 0 Å². The summed E-state index contributed by atoms with van der Waals surface area (Å²) in [5.74, 6) is 3.29. The Labute approximate surface area is 176 Å². The first-order chi connectivity index (χ1) is 13.8. The summed E-state index contributed by atoms with van der Waals surface area (Å²) in [6.07, 6.45) is 12.5. The minimum absolute atomic E-state index is 0.157. The van der Waals surface area contributed by atoms with E-state index in [4.69, 9.17) is 4.18 Å². The molecule has 4 fully saturated rings. The Morgan fingerprint density at radius 3 is 2.48 bits per heavy atom. The van der Waals surface area contributed by atoms with E-state index in [1.54, 1.807) is 24.3 Å². The van der Waals surface area contributed by atoms with Gasteiger partial charge in [-0.05, 0) is 104 Å². The quantitative estimate of drug-likeness (QED) is 0.552. The van der Waals surface area contributed by atoms with Crippen molar-refractivity contribution in [2.75, 3.05) is 0 Å². The van der Waals surface area contributed by atoms with E-state index in [2.05, 4.69) is 13.8 Å². The fourth-order valence-electron chi connectivity index (χ4n) is 8.12. The molecule has 160 valence electrons. The van der Waals surface area contributed by atoms with E-state index in [1.807, 2.05) is 6.07 Å². The molecule has 0 N–H and O–H groups in total. The van der Waals surface area contributed by atoms with Gasteiger partial charge in [0.05, 0.1) is 11.0 Å². The number of rotatable bonds is 3. The van der Waals surface area contributed by atoms with Gasteiger partial charge in [0.2, 0.25) is 0 Å². The van der Waals surface area contributed by atoms with Gasteiger partial charge >= 0.3 is 0 Å². The molecule has 4 aliphatic carbocycles. The largest absolute Gasteiger partial charge is 0.297 e. The van der Waals surface area contributed by atoms with E-state index in [-0.39, 0.29) is 11.0 Å². The second-order valence-electron chi connectivity index (χ2n) is 11.0. The van der Waals surface area contributed by atoms with Crippen LogP contribution >= 0.6 is 0 Å². The maximum Gasteiger partial charge on any atom is 0.297 e. The summed E-state index contributed by atoms with van der Waals surface area (Å²) < 4.78 is 31.2. The van der Waals surface area contributed by atoms with Gasteiger partial charge in [0.25, 0.3) is 10.1 Å². The van der Waals surface area contributed by atoms with Crippen LogP contribution in [-0.4, -0.2) is 14.5 Å². The van der Waals surface area contributed by atoms with Crippen molar-refractivity contribution in [3.05, 3.63) is 30.3 Å². The van der Waals surface area contributed by atoms with Gasteiger partial charge < -0.3 is 0 Å². The van der Waals surface area contributed by atoms with E-state index in [1.165, 1.54) is 44.9 Å². The third-order valence-electron chi connectivity index (χ3n) is 9.69. The predicted octanol–water partition coefficient (Wildman–Crippen LogP) is 6.19. The van der Waals surface area contributed by atoms with Gasteiger partial charge in [-0.15, -0.1) is 0 Å². The Hall–Kier alpha value is -0.870. The predicted molar refractivity (Wildman–Crippen MR) is 115 cm³/mol. The van der Waals surface area contributed by atoms with Crippen molar-refractivity contribution in [1.29, 1.82) is 0 Å². The van der Waals surface area contributed by atoms with Crippen LogP contribution in [-0.2, 0) is 14.3 Å². The van der Waals surface area contributed by atoms with Crippen LogP contribution in [0.3, 0.4) is 0 Å². The molecule has 0 radical (unpaired) electrons. The summed E-state index contributed by atoms with van der Waals surface area (Å²) in [4.78, 5) is 0.282. The average Bonchev–Trinajstić information content (AvgIpc) is 3.10. The molecule has 4 saturated carbocycles. The Morgan fingerprint density at radius 1 is 0.897 bits per heavy atom.